The number of hydrogen-bond donors (Lipinski definition) is 0. The topological polar surface area (TPSA) is 59.1 Å². The summed E-state index contributed by atoms with van der Waals surface area (Å²) in [5.74, 6) is 0.125. The lowest BCUT2D eigenvalue weighted by Gasteiger charge is -2.35. The van der Waals surface area contributed by atoms with E-state index in [9.17, 15) is 14.0 Å². The Bertz CT molecular complexity index is 876. The zero-order valence-corrected chi connectivity index (χ0v) is 16.3. The maximum Gasteiger partial charge on any atom is 0.255 e. The van der Waals surface area contributed by atoms with E-state index in [1.54, 1.807) is 28.0 Å². The second-order valence-corrected chi connectivity index (χ2v) is 6.72. The zero-order chi connectivity index (χ0) is 20.3. The number of carbonyl (C=O) groups is 2. The van der Waals surface area contributed by atoms with Gasteiger partial charge in [-0.2, -0.15) is 0 Å². The minimum absolute atomic E-state index is 0.0759. The Kier molecular flexibility index (Phi) is 6.04. The molecule has 2 aromatic rings. The number of methoxy groups -OCH3 is 2. The van der Waals surface area contributed by atoms with Gasteiger partial charge in [0.15, 0.2) is 0 Å². The SMILES string of the molecule is COc1cc(OC)cc(C(=O)N2CCN(C(=O)c3ccc(F)cc3Cl)CC2)c1. The summed E-state index contributed by atoms with van der Waals surface area (Å²) < 4.78 is 23.6. The first-order valence-corrected chi connectivity index (χ1v) is 9.07. The lowest BCUT2D eigenvalue weighted by atomic mass is 10.1. The molecule has 0 saturated carbocycles. The van der Waals surface area contributed by atoms with Gasteiger partial charge in [0.2, 0.25) is 0 Å². The first kappa shape index (κ1) is 19.9. The van der Waals surface area contributed by atoms with Crippen LogP contribution in [0.15, 0.2) is 36.4 Å². The van der Waals surface area contributed by atoms with Crippen LogP contribution >= 0.6 is 11.6 Å². The Morgan fingerprint density at radius 1 is 0.893 bits per heavy atom. The highest BCUT2D eigenvalue weighted by molar-refractivity contribution is 6.33. The van der Waals surface area contributed by atoms with Crippen molar-refractivity contribution in [3.63, 3.8) is 0 Å². The molecule has 1 aliphatic heterocycles. The molecule has 148 valence electrons. The van der Waals surface area contributed by atoms with E-state index in [1.807, 2.05) is 0 Å². The fraction of sp³-hybridized carbons (Fsp3) is 0.300. The predicted octanol–water partition coefficient (Wildman–Crippen LogP) is 3.09. The molecule has 3 rings (SSSR count). The molecule has 2 amide bonds. The number of piperazine rings is 1. The van der Waals surface area contributed by atoms with E-state index >= 15 is 0 Å². The monoisotopic (exact) mass is 406 g/mol. The van der Waals surface area contributed by atoms with Crippen molar-refractivity contribution in [3.05, 3.63) is 58.4 Å². The summed E-state index contributed by atoms with van der Waals surface area (Å²) in [5.41, 5.74) is 0.706. The van der Waals surface area contributed by atoms with Crippen LogP contribution in [0.4, 0.5) is 4.39 Å². The van der Waals surface area contributed by atoms with Crippen LogP contribution in [-0.4, -0.2) is 62.0 Å². The summed E-state index contributed by atoms with van der Waals surface area (Å²) in [6.07, 6.45) is 0. The highest BCUT2D eigenvalue weighted by Crippen LogP contribution is 2.24. The third-order valence-electron chi connectivity index (χ3n) is 4.61. The average molecular weight is 407 g/mol. The van der Waals surface area contributed by atoms with Gasteiger partial charge in [-0.15, -0.1) is 0 Å². The molecule has 0 unspecified atom stereocenters. The molecule has 0 N–H and O–H groups in total. The fourth-order valence-corrected chi connectivity index (χ4v) is 3.31. The van der Waals surface area contributed by atoms with Gasteiger partial charge in [-0.25, -0.2) is 4.39 Å². The number of rotatable bonds is 4. The van der Waals surface area contributed by atoms with Crippen LogP contribution in [-0.2, 0) is 0 Å². The largest absolute Gasteiger partial charge is 0.497 e. The van der Waals surface area contributed by atoms with E-state index in [1.165, 1.54) is 26.4 Å². The van der Waals surface area contributed by atoms with E-state index < -0.39 is 5.82 Å². The van der Waals surface area contributed by atoms with Crippen molar-refractivity contribution in [3.8, 4) is 11.5 Å². The summed E-state index contributed by atoms with van der Waals surface area (Å²) in [6.45, 7) is 1.48. The van der Waals surface area contributed by atoms with Crippen LogP contribution in [0.5, 0.6) is 11.5 Å². The maximum absolute atomic E-state index is 13.2. The van der Waals surface area contributed by atoms with Crippen molar-refractivity contribution in [2.24, 2.45) is 0 Å². The van der Waals surface area contributed by atoms with Gasteiger partial charge in [-0.1, -0.05) is 11.6 Å². The van der Waals surface area contributed by atoms with Crippen molar-refractivity contribution >= 4 is 23.4 Å². The molecule has 0 atom stereocenters. The molecule has 0 aromatic heterocycles. The van der Waals surface area contributed by atoms with Crippen LogP contribution in [0.25, 0.3) is 0 Å². The number of hydrogen-bond acceptors (Lipinski definition) is 4. The third kappa shape index (κ3) is 4.20. The van der Waals surface area contributed by atoms with Crippen molar-refractivity contribution in [2.75, 3.05) is 40.4 Å². The Labute approximate surface area is 167 Å². The van der Waals surface area contributed by atoms with Gasteiger partial charge in [-0.05, 0) is 30.3 Å². The van der Waals surface area contributed by atoms with E-state index in [2.05, 4.69) is 0 Å². The fourth-order valence-electron chi connectivity index (χ4n) is 3.06. The van der Waals surface area contributed by atoms with Crippen LogP contribution in [0, 0.1) is 5.82 Å². The molecule has 6 nitrogen and oxygen atoms in total. The summed E-state index contributed by atoms with van der Waals surface area (Å²) >= 11 is 5.98. The predicted molar refractivity (Wildman–Crippen MR) is 103 cm³/mol. The maximum atomic E-state index is 13.2. The molecule has 0 spiro atoms. The van der Waals surface area contributed by atoms with Crippen molar-refractivity contribution in [2.45, 2.75) is 0 Å². The van der Waals surface area contributed by atoms with Crippen LogP contribution in [0.3, 0.4) is 0 Å². The normalized spacial score (nSPS) is 14.0. The zero-order valence-electron chi connectivity index (χ0n) is 15.6. The molecular weight excluding hydrogens is 387 g/mol. The van der Waals surface area contributed by atoms with Crippen LogP contribution < -0.4 is 9.47 Å². The van der Waals surface area contributed by atoms with Crippen molar-refractivity contribution < 1.29 is 23.5 Å². The van der Waals surface area contributed by atoms with Crippen molar-refractivity contribution in [1.29, 1.82) is 0 Å². The average Bonchev–Trinajstić information content (AvgIpc) is 2.72. The Morgan fingerprint density at radius 3 is 1.93 bits per heavy atom. The molecule has 8 heteroatoms. The van der Waals surface area contributed by atoms with E-state index in [0.29, 0.717) is 43.2 Å². The molecule has 1 aliphatic rings. The highest BCUT2D eigenvalue weighted by atomic mass is 35.5. The molecule has 1 saturated heterocycles. The van der Waals surface area contributed by atoms with Gasteiger partial charge in [0, 0.05) is 37.8 Å². The van der Waals surface area contributed by atoms with Gasteiger partial charge in [-0.3, -0.25) is 9.59 Å². The standard InChI is InChI=1S/C20H20ClFN2O4/c1-27-15-9-13(10-16(12-15)28-2)19(25)23-5-7-24(8-6-23)20(26)17-4-3-14(22)11-18(17)21/h3-4,9-12H,5-8H2,1-2H3. The lowest BCUT2D eigenvalue weighted by Crippen LogP contribution is -2.50. The number of halogens is 2. The van der Waals surface area contributed by atoms with E-state index in [-0.39, 0.29) is 22.4 Å². The number of ether oxygens (including phenoxy) is 2. The van der Waals surface area contributed by atoms with Gasteiger partial charge in [0.25, 0.3) is 11.8 Å². The second-order valence-electron chi connectivity index (χ2n) is 6.31. The summed E-state index contributed by atoms with van der Waals surface area (Å²) in [7, 11) is 3.04. The third-order valence-corrected chi connectivity index (χ3v) is 4.93. The molecule has 0 bridgehead atoms. The second kappa shape index (κ2) is 8.48. The summed E-state index contributed by atoms with van der Waals surface area (Å²) in [5, 5.41) is 0.0759. The number of carbonyl (C=O) groups excluding carboxylic acids is 2. The van der Waals surface area contributed by atoms with Crippen molar-refractivity contribution in [1.82, 2.24) is 9.80 Å². The number of benzene rings is 2. The highest BCUT2D eigenvalue weighted by Gasteiger charge is 2.27. The number of amides is 2. The van der Waals surface area contributed by atoms with E-state index in [4.69, 9.17) is 21.1 Å². The minimum Gasteiger partial charge on any atom is -0.497 e. The minimum atomic E-state index is -0.495. The van der Waals surface area contributed by atoms with Gasteiger partial charge >= 0.3 is 0 Å². The first-order valence-electron chi connectivity index (χ1n) is 8.69. The first-order chi connectivity index (χ1) is 13.4. The summed E-state index contributed by atoms with van der Waals surface area (Å²) in [6, 6.07) is 8.70. The lowest BCUT2D eigenvalue weighted by molar-refractivity contribution is 0.0535. The Balaban J connectivity index is 1.68. The molecule has 0 radical (unpaired) electrons. The molecule has 1 heterocycles. The van der Waals surface area contributed by atoms with Gasteiger partial charge < -0.3 is 19.3 Å². The molecule has 1 fully saturated rings. The summed E-state index contributed by atoms with van der Waals surface area (Å²) in [4.78, 5) is 28.7. The Morgan fingerprint density at radius 2 is 1.43 bits per heavy atom. The molecular formula is C20H20ClFN2O4. The van der Waals surface area contributed by atoms with Crippen LogP contribution in [0.2, 0.25) is 5.02 Å². The number of nitrogens with zero attached hydrogens (tertiary/aromatic N) is 2. The van der Waals surface area contributed by atoms with E-state index in [0.717, 1.165) is 6.07 Å². The Hall–Kier alpha value is -2.80. The molecule has 28 heavy (non-hydrogen) atoms. The van der Waals surface area contributed by atoms with Crippen LogP contribution in [0.1, 0.15) is 20.7 Å². The van der Waals surface area contributed by atoms with Gasteiger partial charge in [0.1, 0.15) is 17.3 Å². The quantitative estimate of drug-likeness (QED) is 0.783. The smallest absolute Gasteiger partial charge is 0.255 e. The molecule has 0 aliphatic carbocycles. The van der Waals surface area contributed by atoms with Gasteiger partial charge in [0.05, 0.1) is 24.8 Å². The molecule has 2 aromatic carbocycles.